The third kappa shape index (κ3) is 3.53. The molecule has 0 aromatic heterocycles. The van der Waals surface area contributed by atoms with E-state index in [1.165, 1.54) is 7.11 Å². The summed E-state index contributed by atoms with van der Waals surface area (Å²) < 4.78 is 23.4. The summed E-state index contributed by atoms with van der Waals surface area (Å²) >= 11 is 5.45. The number of rotatable bonds is 6. The third-order valence-corrected chi connectivity index (χ3v) is 7.80. The molecule has 3 aromatic rings. The molecule has 2 aliphatic rings. The average molecular weight is 523 g/mol. The summed E-state index contributed by atoms with van der Waals surface area (Å²) in [5.41, 5.74) is -1.55. The topological polar surface area (TPSA) is 101 Å². The number of thiocarbonyl (C=S) groups is 1. The zero-order valence-electron chi connectivity index (χ0n) is 21.0. The largest absolute Gasteiger partial charge is 0.497 e. The lowest BCUT2D eigenvalue weighted by molar-refractivity contribution is -0.150. The van der Waals surface area contributed by atoms with Crippen LogP contribution in [0.25, 0.3) is 0 Å². The van der Waals surface area contributed by atoms with Crippen LogP contribution in [-0.2, 0) is 11.2 Å². The Hall–Kier alpha value is -3.53. The fourth-order valence-electron chi connectivity index (χ4n) is 5.89. The molecule has 1 saturated carbocycles. The molecule has 1 aliphatic carbocycles. The van der Waals surface area contributed by atoms with Gasteiger partial charge in [0.2, 0.25) is 0 Å². The molecule has 9 heteroatoms. The van der Waals surface area contributed by atoms with Gasteiger partial charge in [-0.15, -0.1) is 0 Å². The van der Waals surface area contributed by atoms with E-state index in [2.05, 4.69) is 10.6 Å². The van der Waals surface area contributed by atoms with Crippen molar-refractivity contribution < 1.29 is 29.2 Å². The Bertz CT molecular complexity index is 1300. The number of hydrogen-bond donors (Lipinski definition) is 4. The molecule has 0 saturated heterocycles. The van der Waals surface area contributed by atoms with Crippen LogP contribution in [0.5, 0.6) is 23.0 Å². The average Bonchev–Trinajstić information content (AvgIpc) is 3.31. The predicted molar refractivity (Wildman–Crippen MR) is 143 cm³/mol. The zero-order chi connectivity index (χ0) is 26.4. The van der Waals surface area contributed by atoms with Gasteiger partial charge >= 0.3 is 0 Å². The minimum atomic E-state index is -1.93. The van der Waals surface area contributed by atoms with Gasteiger partial charge in [0.15, 0.2) is 16.3 Å². The predicted octanol–water partition coefficient (Wildman–Crippen LogP) is 2.81. The van der Waals surface area contributed by atoms with Gasteiger partial charge in [0, 0.05) is 19.2 Å². The maximum absolute atomic E-state index is 12.8. The van der Waals surface area contributed by atoms with Crippen LogP contribution in [0.15, 0.2) is 66.7 Å². The lowest BCUT2D eigenvalue weighted by Gasteiger charge is -2.40. The van der Waals surface area contributed by atoms with Gasteiger partial charge in [-0.25, -0.2) is 0 Å². The summed E-state index contributed by atoms with van der Waals surface area (Å²) in [6.45, 7) is 0. The van der Waals surface area contributed by atoms with E-state index >= 15 is 0 Å². The Morgan fingerprint density at radius 3 is 2.22 bits per heavy atom. The molecule has 1 fully saturated rings. The number of aliphatic hydroxyl groups is 2. The molecule has 8 nitrogen and oxygen atoms in total. The molecular formula is C28H30N2O6S. The summed E-state index contributed by atoms with van der Waals surface area (Å²) in [5, 5.41) is 31.3. The van der Waals surface area contributed by atoms with E-state index < -0.39 is 29.3 Å². The lowest BCUT2D eigenvalue weighted by atomic mass is 9.71. The Morgan fingerprint density at radius 1 is 0.946 bits per heavy atom. The number of aliphatic hydroxyl groups excluding tert-OH is 1. The Kier molecular flexibility index (Phi) is 6.39. The highest BCUT2D eigenvalue weighted by molar-refractivity contribution is 7.80. The second-order valence-electron chi connectivity index (χ2n) is 9.12. The minimum absolute atomic E-state index is 0.334. The third-order valence-electron chi connectivity index (χ3n) is 7.48. The van der Waals surface area contributed by atoms with Crippen molar-refractivity contribution in [1.29, 1.82) is 0 Å². The molecule has 4 N–H and O–H groups in total. The van der Waals surface area contributed by atoms with Crippen LogP contribution in [0.4, 0.5) is 0 Å². The standard InChI is InChI=1S/C28H30N2O6S/c1-29-26(37)30-24-22(16-8-6-5-7-9-16)28(17-10-12-18(33-2)13-11-17)27(32,25(24)31)23-20(35-4)14-19(34-3)15-21(23)36-28/h5-15,22,24-25,31-32H,1-4H3,(H2,29,30,37)/t22-,24-,25-,27+,28+/m1/s1. The first kappa shape index (κ1) is 25.1. The number of benzene rings is 3. The lowest BCUT2D eigenvalue weighted by Crippen LogP contribution is -2.52. The van der Waals surface area contributed by atoms with Gasteiger partial charge in [-0.2, -0.15) is 0 Å². The van der Waals surface area contributed by atoms with E-state index in [-0.39, 0.29) is 0 Å². The van der Waals surface area contributed by atoms with Crippen molar-refractivity contribution in [1.82, 2.24) is 10.6 Å². The van der Waals surface area contributed by atoms with Crippen molar-refractivity contribution in [2.75, 3.05) is 28.4 Å². The molecule has 5 atom stereocenters. The second-order valence-corrected chi connectivity index (χ2v) is 9.53. The van der Waals surface area contributed by atoms with E-state index in [1.807, 2.05) is 54.6 Å². The van der Waals surface area contributed by atoms with Crippen LogP contribution in [0, 0.1) is 0 Å². The summed E-state index contributed by atoms with van der Waals surface area (Å²) in [7, 11) is 6.34. The van der Waals surface area contributed by atoms with Crippen LogP contribution >= 0.6 is 12.2 Å². The summed E-state index contributed by atoms with van der Waals surface area (Å²) in [6, 6.07) is 19.6. The van der Waals surface area contributed by atoms with Crippen molar-refractivity contribution in [3.8, 4) is 23.0 Å². The first-order valence-electron chi connectivity index (χ1n) is 11.9. The van der Waals surface area contributed by atoms with E-state index in [0.717, 1.165) is 5.56 Å². The maximum atomic E-state index is 12.8. The first-order chi connectivity index (χ1) is 17.8. The molecular weight excluding hydrogens is 492 g/mol. The Labute approximate surface area is 221 Å². The van der Waals surface area contributed by atoms with Gasteiger partial charge in [-0.3, -0.25) is 0 Å². The number of methoxy groups -OCH3 is 3. The second kappa shape index (κ2) is 9.41. The van der Waals surface area contributed by atoms with Crippen molar-refractivity contribution in [2.45, 2.75) is 29.3 Å². The minimum Gasteiger partial charge on any atom is -0.497 e. The highest BCUT2D eigenvalue weighted by Gasteiger charge is 2.77. The Morgan fingerprint density at radius 2 is 1.62 bits per heavy atom. The molecule has 3 aromatic carbocycles. The van der Waals surface area contributed by atoms with E-state index in [9.17, 15) is 10.2 Å². The first-order valence-corrected chi connectivity index (χ1v) is 12.3. The van der Waals surface area contributed by atoms with Crippen LogP contribution in [0.1, 0.15) is 22.6 Å². The number of ether oxygens (including phenoxy) is 4. The quantitative estimate of drug-likeness (QED) is 0.364. The molecule has 1 aliphatic heterocycles. The molecule has 0 spiro atoms. The Balaban J connectivity index is 1.85. The van der Waals surface area contributed by atoms with Crippen molar-refractivity contribution in [2.24, 2.45) is 0 Å². The molecule has 0 bridgehead atoms. The maximum Gasteiger partial charge on any atom is 0.178 e. The van der Waals surface area contributed by atoms with Gasteiger partial charge in [-0.1, -0.05) is 42.5 Å². The number of nitrogens with one attached hydrogen (secondary N) is 2. The molecule has 194 valence electrons. The monoisotopic (exact) mass is 522 g/mol. The number of fused-ring (bicyclic) bond motifs is 3. The molecule has 0 unspecified atom stereocenters. The van der Waals surface area contributed by atoms with Crippen LogP contribution in [0.3, 0.4) is 0 Å². The van der Waals surface area contributed by atoms with Gasteiger partial charge in [0.1, 0.15) is 29.1 Å². The molecule has 37 heavy (non-hydrogen) atoms. The fourth-order valence-corrected chi connectivity index (χ4v) is 6.02. The van der Waals surface area contributed by atoms with E-state index in [1.54, 1.807) is 33.4 Å². The summed E-state index contributed by atoms with van der Waals surface area (Å²) in [4.78, 5) is 0. The molecule has 1 heterocycles. The van der Waals surface area contributed by atoms with Crippen LogP contribution < -0.4 is 29.6 Å². The van der Waals surface area contributed by atoms with Gasteiger partial charge < -0.3 is 39.8 Å². The van der Waals surface area contributed by atoms with E-state index in [4.69, 9.17) is 31.2 Å². The highest BCUT2D eigenvalue weighted by atomic mass is 32.1. The van der Waals surface area contributed by atoms with Crippen LogP contribution in [-0.4, -0.2) is 55.8 Å². The normalized spacial score (nSPS) is 27.5. The zero-order valence-corrected chi connectivity index (χ0v) is 21.8. The fraction of sp³-hybridized carbons (Fsp3) is 0.321. The smallest absolute Gasteiger partial charge is 0.178 e. The van der Waals surface area contributed by atoms with Gasteiger partial charge in [0.05, 0.1) is 38.9 Å². The molecule has 5 rings (SSSR count). The highest BCUT2D eigenvalue weighted by Crippen LogP contribution is 2.68. The van der Waals surface area contributed by atoms with Gasteiger partial charge in [-0.05, 0) is 35.5 Å². The van der Waals surface area contributed by atoms with E-state index in [0.29, 0.717) is 39.2 Å². The van der Waals surface area contributed by atoms with Crippen molar-refractivity contribution >= 4 is 17.3 Å². The SMILES string of the molecule is CNC(=S)N[C@H]1[C@@H](O)[C@@]2(O)c3c(OC)cc(OC)cc3O[C@@]2(c2ccc(OC)cc2)[C@@H]1c1ccccc1. The van der Waals surface area contributed by atoms with Crippen LogP contribution in [0.2, 0.25) is 0 Å². The summed E-state index contributed by atoms with van der Waals surface area (Å²) in [5.74, 6) is 1.27. The van der Waals surface area contributed by atoms with Crippen molar-refractivity contribution in [3.05, 3.63) is 83.4 Å². The molecule has 0 amide bonds. The van der Waals surface area contributed by atoms with Gasteiger partial charge in [0.25, 0.3) is 0 Å². The summed E-state index contributed by atoms with van der Waals surface area (Å²) in [6.07, 6.45) is -1.35. The van der Waals surface area contributed by atoms with Crippen molar-refractivity contribution in [3.63, 3.8) is 0 Å². The number of hydrogen-bond acceptors (Lipinski definition) is 7. The molecule has 0 radical (unpaired) electrons.